The molecule has 0 aliphatic heterocycles. The first kappa shape index (κ1) is 11.3. The van der Waals surface area contributed by atoms with Crippen LogP contribution >= 0.6 is 11.5 Å². The number of carboxylic acids is 1. The zero-order valence-corrected chi connectivity index (χ0v) is 10.1. The van der Waals surface area contributed by atoms with Gasteiger partial charge in [0.05, 0.1) is 0 Å². The molecule has 0 amide bonds. The van der Waals surface area contributed by atoms with E-state index in [1.807, 2.05) is 13.8 Å². The molecule has 1 unspecified atom stereocenters. The standard InChI is InChI=1S/C10H15N3O2S/c1-5(2)7(9(14)15)11-10-12-8(13-16-10)6-3-4-6/h5-7H,3-4H2,1-2H3,(H,14,15)(H,11,12,13). The van der Waals surface area contributed by atoms with Crippen molar-refractivity contribution >= 4 is 22.6 Å². The van der Waals surface area contributed by atoms with Crippen LogP contribution in [0.15, 0.2) is 0 Å². The Hall–Kier alpha value is -1.17. The van der Waals surface area contributed by atoms with E-state index in [1.165, 1.54) is 11.5 Å². The van der Waals surface area contributed by atoms with Gasteiger partial charge in [0, 0.05) is 17.5 Å². The minimum Gasteiger partial charge on any atom is -0.480 e. The topological polar surface area (TPSA) is 75.1 Å². The van der Waals surface area contributed by atoms with Gasteiger partial charge in [0.15, 0.2) is 0 Å². The van der Waals surface area contributed by atoms with Gasteiger partial charge in [0.25, 0.3) is 0 Å². The fourth-order valence-electron chi connectivity index (χ4n) is 1.45. The summed E-state index contributed by atoms with van der Waals surface area (Å²) in [7, 11) is 0. The van der Waals surface area contributed by atoms with E-state index >= 15 is 0 Å². The number of aliphatic carboxylic acids is 1. The molecule has 1 aromatic rings. The summed E-state index contributed by atoms with van der Waals surface area (Å²) < 4.78 is 4.23. The molecule has 1 atom stereocenters. The Balaban J connectivity index is 2.03. The summed E-state index contributed by atoms with van der Waals surface area (Å²) >= 11 is 1.25. The van der Waals surface area contributed by atoms with E-state index in [2.05, 4.69) is 14.7 Å². The lowest BCUT2D eigenvalue weighted by atomic mass is 10.1. The molecule has 5 nitrogen and oxygen atoms in total. The molecule has 1 aromatic heterocycles. The smallest absolute Gasteiger partial charge is 0.326 e. The predicted octanol–water partition coefficient (Wildman–Crippen LogP) is 1.94. The number of anilines is 1. The van der Waals surface area contributed by atoms with Crippen molar-refractivity contribution in [2.24, 2.45) is 5.92 Å². The quantitative estimate of drug-likeness (QED) is 0.824. The molecule has 88 valence electrons. The number of rotatable bonds is 5. The first-order valence-electron chi connectivity index (χ1n) is 5.41. The molecule has 2 rings (SSSR count). The molecule has 16 heavy (non-hydrogen) atoms. The lowest BCUT2D eigenvalue weighted by Crippen LogP contribution is -2.34. The van der Waals surface area contributed by atoms with Gasteiger partial charge in [-0.25, -0.2) is 9.78 Å². The van der Waals surface area contributed by atoms with Gasteiger partial charge in [0.1, 0.15) is 11.9 Å². The molecular formula is C10H15N3O2S. The molecule has 0 radical (unpaired) electrons. The van der Waals surface area contributed by atoms with Crippen LogP contribution < -0.4 is 5.32 Å². The summed E-state index contributed by atoms with van der Waals surface area (Å²) in [5, 5.41) is 12.6. The Bertz CT molecular complexity index is 387. The second-order valence-electron chi connectivity index (χ2n) is 4.44. The van der Waals surface area contributed by atoms with Crippen molar-refractivity contribution in [1.29, 1.82) is 0 Å². The molecule has 1 saturated carbocycles. The second-order valence-corrected chi connectivity index (χ2v) is 5.19. The first-order valence-corrected chi connectivity index (χ1v) is 6.18. The van der Waals surface area contributed by atoms with Gasteiger partial charge in [-0.15, -0.1) is 0 Å². The van der Waals surface area contributed by atoms with Crippen molar-refractivity contribution in [1.82, 2.24) is 9.36 Å². The van der Waals surface area contributed by atoms with E-state index in [4.69, 9.17) is 5.11 Å². The van der Waals surface area contributed by atoms with E-state index in [0.29, 0.717) is 11.0 Å². The molecule has 0 spiro atoms. The molecule has 1 fully saturated rings. The van der Waals surface area contributed by atoms with Crippen molar-refractivity contribution in [2.75, 3.05) is 5.32 Å². The number of hydrogen-bond acceptors (Lipinski definition) is 5. The van der Waals surface area contributed by atoms with Crippen molar-refractivity contribution in [3.05, 3.63) is 5.82 Å². The third kappa shape index (κ3) is 2.49. The molecule has 1 aliphatic rings. The minimum absolute atomic E-state index is 0.0192. The largest absolute Gasteiger partial charge is 0.480 e. The molecule has 2 N–H and O–H groups in total. The summed E-state index contributed by atoms with van der Waals surface area (Å²) in [6.45, 7) is 3.74. The normalized spacial score (nSPS) is 17.4. The summed E-state index contributed by atoms with van der Waals surface area (Å²) in [5.74, 6) is 0.540. The molecule has 1 heterocycles. The Kier molecular flexibility index (Phi) is 3.09. The average molecular weight is 241 g/mol. The van der Waals surface area contributed by atoms with Gasteiger partial charge in [-0.3, -0.25) is 0 Å². The number of aromatic nitrogens is 2. The SMILES string of the molecule is CC(C)C(Nc1nc(C2CC2)ns1)C(=O)O. The van der Waals surface area contributed by atoms with E-state index in [9.17, 15) is 4.79 Å². The Morgan fingerprint density at radius 2 is 2.25 bits per heavy atom. The van der Waals surface area contributed by atoms with E-state index < -0.39 is 12.0 Å². The zero-order chi connectivity index (χ0) is 11.7. The maximum absolute atomic E-state index is 11.0. The van der Waals surface area contributed by atoms with Crippen LogP contribution in [0.4, 0.5) is 5.13 Å². The predicted molar refractivity (Wildman–Crippen MR) is 61.8 cm³/mol. The summed E-state index contributed by atoms with van der Waals surface area (Å²) in [5.41, 5.74) is 0. The van der Waals surface area contributed by atoms with Crippen molar-refractivity contribution in [3.63, 3.8) is 0 Å². The zero-order valence-electron chi connectivity index (χ0n) is 9.30. The van der Waals surface area contributed by atoms with Gasteiger partial charge < -0.3 is 10.4 Å². The fraction of sp³-hybridized carbons (Fsp3) is 0.700. The highest BCUT2D eigenvalue weighted by atomic mass is 32.1. The number of nitrogens with zero attached hydrogens (tertiary/aromatic N) is 2. The number of carbonyl (C=O) groups is 1. The lowest BCUT2D eigenvalue weighted by molar-refractivity contribution is -0.138. The average Bonchev–Trinajstić information content (AvgIpc) is 2.94. The molecule has 6 heteroatoms. The van der Waals surface area contributed by atoms with Gasteiger partial charge >= 0.3 is 5.97 Å². The van der Waals surface area contributed by atoms with Crippen molar-refractivity contribution in [2.45, 2.75) is 38.6 Å². The highest BCUT2D eigenvalue weighted by Crippen LogP contribution is 2.39. The molecule has 0 bridgehead atoms. The lowest BCUT2D eigenvalue weighted by Gasteiger charge is -2.16. The van der Waals surface area contributed by atoms with Crippen LogP contribution in [0.3, 0.4) is 0 Å². The van der Waals surface area contributed by atoms with Crippen LogP contribution in [-0.2, 0) is 4.79 Å². The van der Waals surface area contributed by atoms with Crippen LogP contribution in [0, 0.1) is 5.92 Å². The Labute approximate surface area is 98.1 Å². The summed E-state index contributed by atoms with van der Waals surface area (Å²) in [6, 6.07) is -0.597. The van der Waals surface area contributed by atoms with Crippen LogP contribution in [0.2, 0.25) is 0 Å². The molecule has 0 saturated heterocycles. The highest BCUT2D eigenvalue weighted by Gasteiger charge is 2.29. The van der Waals surface area contributed by atoms with Gasteiger partial charge in [-0.2, -0.15) is 4.37 Å². The van der Waals surface area contributed by atoms with Crippen molar-refractivity contribution < 1.29 is 9.90 Å². The Morgan fingerprint density at radius 3 is 2.75 bits per heavy atom. The van der Waals surface area contributed by atoms with E-state index in [-0.39, 0.29) is 5.92 Å². The summed E-state index contributed by atoms with van der Waals surface area (Å²) in [6.07, 6.45) is 2.31. The van der Waals surface area contributed by atoms with Crippen LogP contribution in [0.5, 0.6) is 0 Å². The highest BCUT2D eigenvalue weighted by molar-refractivity contribution is 7.09. The Morgan fingerprint density at radius 1 is 1.56 bits per heavy atom. The molecule has 0 aromatic carbocycles. The van der Waals surface area contributed by atoms with Crippen LogP contribution in [-0.4, -0.2) is 26.5 Å². The van der Waals surface area contributed by atoms with Crippen molar-refractivity contribution in [3.8, 4) is 0 Å². The number of carboxylic acid groups (broad SMARTS) is 1. The molecular weight excluding hydrogens is 226 g/mol. The fourth-order valence-corrected chi connectivity index (χ4v) is 2.13. The van der Waals surface area contributed by atoms with Gasteiger partial charge in [0.2, 0.25) is 5.13 Å². The van der Waals surface area contributed by atoms with E-state index in [0.717, 1.165) is 18.7 Å². The molecule has 1 aliphatic carbocycles. The van der Waals surface area contributed by atoms with Crippen LogP contribution in [0.25, 0.3) is 0 Å². The number of hydrogen-bond donors (Lipinski definition) is 2. The van der Waals surface area contributed by atoms with E-state index in [1.54, 1.807) is 0 Å². The monoisotopic (exact) mass is 241 g/mol. The minimum atomic E-state index is -0.849. The summed E-state index contributed by atoms with van der Waals surface area (Å²) in [4.78, 5) is 15.3. The van der Waals surface area contributed by atoms with Gasteiger partial charge in [-0.05, 0) is 18.8 Å². The van der Waals surface area contributed by atoms with Crippen LogP contribution in [0.1, 0.15) is 38.4 Å². The number of nitrogens with one attached hydrogen (secondary N) is 1. The third-order valence-electron chi connectivity index (χ3n) is 2.60. The second kappa shape index (κ2) is 4.37. The maximum Gasteiger partial charge on any atom is 0.326 e. The van der Waals surface area contributed by atoms with Gasteiger partial charge in [-0.1, -0.05) is 13.8 Å². The maximum atomic E-state index is 11.0. The third-order valence-corrected chi connectivity index (χ3v) is 3.26. The first-order chi connectivity index (χ1) is 7.58.